The van der Waals surface area contributed by atoms with Crippen LogP contribution >= 0.6 is 0 Å². The lowest BCUT2D eigenvalue weighted by molar-refractivity contribution is -0.188. The van der Waals surface area contributed by atoms with Crippen molar-refractivity contribution in [2.24, 2.45) is 0 Å². The smallest absolute Gasteiger partial charge is 0.316 e. The molecule has 1 spiro atoms. The molecule has 6 heteroatoms. The number of nitrogens with zero attached hydrogens (tertiary/aromatic N) is 3. The number of benzene rings is 1. The van der Waals surface area contributed by atoms with Crippen molar-refractivity contribution in [1.82, 2.24) is 14.9 Å². The Bertz CT molecular complexity index is 744. The fourth-order valence-electron chi connectivity index (χ4n) is 3.81. The fraction of sp³-hybridized carbons (Fsp3) is 0.500. The predicted molar refractivity (Wildman–Crippen MR) is 97.4 cm³/mol. The molecule has 2 aromatic rings. The molecule has 2 saturated heterocycles. The summed E-state index contributed by atoms with van der Waals surface area (Å²) in [4.78, 5) is 11.0. The Labute approximate surface area is 154 Å². The molecule has 1 aromatic carbocycles. The van der Waals surface area contributed by atoms with E-state index in [9.17, 15) is 0 Å². The summed E-state index contributed by atoms with van der Waals surface area (Å²) in [7, 11) is 1.69. The van der Waals surface area contributed by atoms with E-state index in [4.69, 9.17) is 14.2 Å². The van der Waals surface area contributed by atoms with Crippen molar-refractivity contribution in [3.05, 3.63) is 47.8 Å². The minimum Gasteiger partial charge on any atom is -0.497 e. The third kappa shape index (κ3) is 3.81. The zero-order valence-corrected chi connectivity index (χ0v) is 15.4. The lowest BCUT2D eigenvalue weighted by atomic mass is 9.84. The van der Waals surface area contributed by atoms with E-state index in [1.54, 1.807) is 13.3 Å². The first kappa shape index (κ1) is 17.2. The largest absolute Gasteiger partial charge is 0.497 e. The van der Waals surface area contributed by atoms with Gasteiger partial charge in [0, 0.05) is 44.4 Å². The van der Waals surface area contributed by atoms with Crippen LogP contribution in [-0.2, 0) is 11.3 Å². The van der Waals surface area contributed by atoms with Gasteiger partial charge >= 0.3 is 6.01 Å². The standard InChI is InChI=1S/C20H25N3O3/c1-15-7-9-21-19(22-15)26-18-8-10-25-20(11-18)13-23(14-20)12-16-3-5-17(24-2)6-4-16/h3-7,9,18H,8,10-14H2,1-2H3. The van der Waals surface area contributed by atoms with Gasteiger partial charge in [0.15, 0.2) is 0 Å². The Morgan fingerprint density at radius 1 is 1.23 bits per heavy atom. The van der Waals surface area contributed by atoms with Crippen molar-refractivity contribution in [3.63, 3.8) is 0 Å². The molecule has 6 nitrogen and oxygen atoms in total. The van der Waals surface area contributed by atoms with Crippen molar-refractivity contribution in [3.8, 4) is 11.8 Å². The molecule has 1 aromatic heterocycles. The summed E-state index contributed by atoms with van der Waals surface area (Å²) in [6, 6.07) is 10.6. The Balaban J connectivity index is 1.31. The molecule has 2 fully saturated rings. The summed E-state index contributed by atoms with van der Waals surface area (Å²) < 4.78 is 17.3. The normalized spacial score (nSPS) is 22.0. The zero-order valence-electron chi connectivity index (χ0n) is 15.4. The van der Waals surface area contributed by atoms with Gasteiger partial charge in [-0.05, 0) is 30.7 Å². The monoisotopic (exact) mass is 355 g/mol. The maximum atomic E-state index is 6.12. The first-order chi connectivity index (χ1) is 12.6. The summed E-state index contributed by atoms with van der Waals surface area (Å²) in [5.41, 5.74) is 2.13. The minimum atomic E-state index is -0.0841. The van der Waals surface area contributed by atoms with Gasteiger partial charge in [-0.3, -0.25) is 4.90 Å². The first-order valence-electron chi connectivity index (χ1n) is 9.10. The summed E-state index contributed by atoms with van der Waals surface area (Å²) >= 11 is 0. The van der Waals surface area contributed by atoms with Gasteiger partial charge in [0.1, 0.15) is 11.9 Å². The average Bonchev–Trinajstić information content (AvgIpc) is 2.61. The maximum absolute atomic E-state index is 6.12. The molecule has 1 unspecified atom stereocenters. The molecule has 0 aliphatic carbocycles. The fourth-order valence-corrected chi connectivity index (χ4v) is 3.81. The van der Waals surface area contributed by atoms with Gasteiger partial charge in [-0.15, -0.1) is 0 Å². The quantitative estimate of drug-likeness (QED) is 0.822. The highest BCUT2D eigenvalue weighted by Gasteiger charge is 2.48. The molecule has 3 heterocycles. The van der Waals surface area contributed by atoms with Crippen molar-refractivity contribution < 1.29 is 14.2 Å². The van der Waals surface area contributed by atoms with Crippen LogP contribution in [0.3, 0.4) is 0 Å². The highest BCUT2D eigenvalue weighted by Crippen LogP contribution is 2.36. The molecule has 0 N–H and O–H groups in total. The Hall–Kier alpha value is -2.18. The maximum Gasteiger partial charge on any atom is 0.316 e. The van der Waals surface area contributed by atoms with E-state index in [1.165, 1.54) is 5.56 Å². The number of aromatic nitrogens is 2. The number of hydrogen-bond acceptors (Lipinski definition) is 6. The lowest BCUT2D eigenvalue weighted by Gasteiger charge is -2.53. The average molecular weight is 355 g/mol. The van der Waals surface area contributed by atoms with Crippen LogP contribution in [0.25, 0.3) is 0 Å². The topological polar surface area (TPSA) is 56.7 Å². The van der Waals surface area contributed by atoms with Gasteiger partial charge in [0.2, 0.25) is 0 Å². The predicted octanol–water partition coefficient (Wildman–Crippen LogP) is 2.61. The number of methoxy groups -OCH3 is 1. The highest BCUT2D eigenvalue weighted by molar-refractivity contribution is 5.27. The number of hydrogen-bond donors (Lipinski definition) is 0. The van der Waals surface area contributed by atoms with Crippen LogP contribution in [0, 0.1) is 6.92 Å². The Morgan fingerprint density at radius 3 is 2.77 bits per heavy atom. The van der Waals surface area contributed by atoms with Gasteiger partial charge in [-0.2, -0.15) is 0 Å². The molecule has 2 aliphatic heterocycles. The van der Waals surface area contributed by atoms with Gasteiger partial charge < -0.3 is 14.2 Å². The van der Waals surface area contributed by atoms with Crippen LogP contribution in [0.4, 0.5) is 0 Å². The highest BCUT2D eigenvalue weighted by atomic mass is 16.5. The second-order valence-corrected chi connectivity index (χ2v) is 7.24. The zero-order chi connectivity index (χ0) is 18.0. The SMILES string of the molecule is COc1ccc(CN2CC3(CC(Oc4nccc(C)n4)CCO3)C2)cc1. The molecule has 0 radical (unpaired) electrons. The molecule has 26 heavy (non-hydrogen) atoms. The second kappa shape index (κ2) is 7.21. The lowest BCUT2D eigenvalue weighted by Crippen LogP contribution is -2.65. The van der Waals surface area contributed by atoms with E-state index in [0.717, 1.165) is 50.5 Å². The number of likely N-dealkylation sites (tertiary alicyclic amines) is 1. The van der Waals surface area contributed by atoms with Crippen molar-refractivity contribution in [1.29, 1.82) is 0 Å². The molecule has 138 valence electrons. The Kier molecular flexibility index (Phi) is 4.78. The van der Waals surface area contributed by atoms with Crippen LogP contribution in [0.5, 0.6) is 11.8 Å². The van der Waals surface area contributed by atoms with Gasteiger partial charge in [0.25, 0.3) is 0 Å². The molecule has 4 rings (SSSR count). The molecule has 2 aliphatic rings. The molecule has 1 atom stereocenters. The van der Waals surface area contributed by atoms with Gasteiger partial charge in [0.05, 0.1) is 19.3 Å². The summed E-state index contributed by atoms with van der Waals surface area (Å²) in [6.07, 6.45) is 3.64. The van der Waals surface area contributed by atoms with Crippen LogP contribution in [0.15, 0.2) is 36.5 Å². The van der Waals surface area contributed by atoms with E-state index < -0.39 is 0 Å². The Morgan fingerprint density at radius 2 is 2.04 bits per heavy atom. The molecular weight excluding hydrogens is 330 g/mol. The third-order valence-electron chi connectivity index (χ3n) is 5.08. The minimum absolute atomic E-state index is 0.0841. The molecule has 0 saturated carbocycles. The van der Waals surface area contributed by atoms with Crippen molar-refractivity contribution >= 4 is 0 Å². The summed E-state index contributed by atoms with van der Waals surface area (Å²) in [5, 5.41) is 0. The number of ether oxygens (including phenoxy) is 3. The number of rotatable bonds is 5. The van der Waals surface area contributed by atoms with Crippen molar-refractivity contribution in [2.75, 3.05) is 26.8 Å². The molecular formula is C20H25N3O3. The van der Waals surface area contributed by atoms with Crippen LogP contribution in [0.2, 0.25) is 0 Å². The number of aryl methyl sites for hydroxylation is 1. The van der Waals surface area contributed by atoms with Crippen LogP contribution in [-0.4, -0.2) is 53.4 Å². The van der Waals surface area contributed by atoms with Crippen molar-refractivity contribution in [2.45, 2.75) is 38.0 Å². The van der Waals surface area contributed by atoms with Crippen LogP contribution < -0.4 is 9.47 Å². The van der Waals surface area contributed by atoms with E-state index in [-0.39, 0.29) is 11.7 Å². The van der Waals surface area contributed by atoms with Gasteiger partial charge in [-0.1, -0.05) is 12.1 Å². The van der Waals surface area contributed by atoms with E-state index >= 15 is 0 Å². The summed E-state index contributed by atoms with van der Waals surface area (Å²) in [5.74, 6) is 0.891. The van der Waals surface area contributed by atoms with E-state index in [1.807, 2.05) is 25.1 Å². The van der Waals surface area contributed by atoms with Crippen LogP contribution in [0.1, 0.15) is 24.1 Å². The van der Waals surface area contributed by atoms with Gasteiger partial charge in [-0.25, -0.2) is 9.97 Å². The first-order valence-corrected chi connectivity index (χ1v) is 9.10. The second-order valence-electron chi connectivity index (χ2n) is 7.24. The van der Waals surface area contributed by atoms with E-state index in [2.05, 4.69) is 27.0 Å². The van der Waals surface area contributed by atoms with E-state index in [0.29, 0.717) is 6.01 Å². The third-order valence-corrected chi connectivity index (χ3v) is 5.08. The molecule has 0 bridgehead atoms. The molecule has 0 amide bonds. The summed E-state index contributed by atoms with van der Waals surface area (Å²) in [6.45, 7) is 5.48.